The minimum absolute atomic E-state index is 0.201. The molecule has 3 rings (SSSR count). The lowest BCUT2D eigenvalue weighted by Crippen LogP contribution is -2.23. The maximum absolute atomic E-state index is 12.1. The van der Waals surface area contributed by atoms with E-state index in [9.17, 15) is 4.79 Å². The summed E-state index contributed by atoms with van der Waals surface area (Å²) in [5.41, 5.74) is 1.02. The van der Waals surface area contributed by atoms with Gasteiger partial charge in [0.2, 0.25) is 0 Å². The zero-order valence-electron chi connectivity index (χ0n) is 8.98. The van der Waals surface area contributed by atoms with E-state index >= 15 is 0 Å². The average molecular weight is 206 g/mol. The van der Waals surface area contributed by atoms with Crippen molar-refractivity contribution in [2.75, 3.05) is 6.61 Å². The van der Waals surface area contributed by atoms with Crippen molar-refractivity contribution in [3.63, 3.8) is 0 Å². The van der Waals surface area contributed by atoms with Crippen LogP contribution in [0.25, 0.3) is 0 Å². The molecule has 0 radical (unpaired) electrons. The van der Waals surface area contributed by atoms with Gasteiger partial charge in [-0.2, -0.15) is 0 Å². The van der Waals surface area contributed by atoms with E-state index in [0.29, 0.717) is 23.5 Å². The topological polar surface area (TPSA) is 37.3 Å². The molecule has 0 amide bonds. The molecule has 2 heteroatoms. The third kappa shape index (κ3) is 1.31. The number of Topliss-reactive ketones (excluding diaryl/α,β-unsaturated/α-hetero) is 1. The number of carbonyl (C=O) groups is 1. The predicted molar refractivity (Wildman–Crippen MR) is 57.2 cm³/mol. The monoisotopic (exact) mass is 206 g/mol. The van der Waals surface area contributed by atoms with Crippen LogP contribution in [0.3, 0.4) is 0 Å². The van der Waals surface area contributed by atoms with Crippen molar-refractivity contribution in [3.8, 4) is 0 Å². The van der Waals surface area contributed by atoms with Gasteiger partial charge < -0.3 is 5.11 Å². The molecule has 4 atom stereocenters. The molecule has 1 N–H and O–H groups in total. The van der Waals surface area contributed by atoms with Gasteiger partial charge in [0.1, 0.15) is 0 Å². The van der Waals surface area contributed by atoms with Crippen LogP contribution in [0, 0.1) is 23.7 Å². The van der Waals surface area contributed by atoms with Crippen LogP contribution in [-0.4, -0.2) is 17.5 Å². The fraction of sp³-hybridized carbons (Fsp3) is 0.769. The summed E-state index contributed by atoms with van der Waals surface area (Å²) >= 11 is 0. The number of aliphatic hydroxyl groups is 1. The minimum atomic E-state index is 0.201. The van der Waals surface area contributed by atoms with Gasteiger partial charge in [0.25, 0.3) is 0 Å². The van der Waals surface area contributed by atoms with Crippen LogP contribution >= 0.6 is 0 Å². The molecule has 0 aromatic rings. The number of allylic oxidation sites excluding steroid dienone is 2. The number of hydrogen-bond donors (Lipinski definition) is 1. The summed E-state index contributed by atoms with van der Waals surface area (Å²) in [6, 6.07) is 0. The number of aliphatic hydroxyl groups excluding tert-OH is 1. The van der Waals surface area contributed by atoms with Crippen LogP contribution in [0.2, 0.25) is 0 Å². The van der Waals surface area contributed by atoms with E-state index < -0.39 is 0 Å². The molecule has 2 nitrogen and oxygen atoms in total. The van der Waals surface area contributed by atoms with Crippen molar-refractivity contribution < 1.29 is 9.90 Å². The van der Waals surface area contributed by atoms with Crippen molar-refractivity contribution in [3.05, 3.63) is 11.6 Å². The molecule has 15 heavy (non-hydrogen) atoms. The van der Waals surface area contributed by atoms with Gasteiger partial charge in [0.15, 0.2) is 5.78 Å². The lowest BCUT2D eigenvalue weighted by Gasteiger charge is -2.22. The Morgan fingerprint density at radius 1 is 1.33 bits per heavy atom. The van der Waals surface area contributed by atoms with Gasteiger partial charge in [0.05, 0.1) is 0 Å². The summed E-state index contributed by atoms with van der Waals surface area (Å²) in [6.45, 7) is 0.201. The van der Waals surface area contributed by atoms with Crippen molar-refractivity contribution in [2.45, 2.75) is 32.1 Å². The quantitative estimate of drug-likeness (QED) is 0.766. The molecular formula is C13H18O2. The Balaban J connectivity index is 1.78. The Kier molecular flexibility index (Phi) is 2.20. The number of hydrogen-bond acceptors (Lipinski definition) is 2. The van der Waals surface area contributed by atoms with Gasteiger partial charge in [-0.1, -0.05) is 6.08 Å². The molecule has 3 aliphatic rings. The Bertz CT molecular complexity index is 318. The molecular weight excluding hydrogens is 188 g/mol. The van der Waals surface area contributed by atoms with Gasteiger partial charge in [-0.05, 0) is 55.4 Å². The highest BCUT2D eigenvalue weighted by Gasteiger charge is 2.52. The summed E-state index contributed by atoms with van der Waals surface area (Å²) in [5, 5.41) is 8.79. The average Bonchev–Trinajstić information content (AvgIpc) is 2.88. The van der Waals surface area contributed by atoms with Crippen LogP contribution in [0.1, 0.15) is 32.1 Å². The van der Waals surface area contributed by atoms with Crippen molar-refractivity contribution in [2.24, 2.45) is 23.7 Å². The highest BCUT2D eigenvalue weighted by molar-refractivity contribution is 6.00. The van der Waals surface area contributed by atoms with E-state index in [1.807, 2.05) is 0 Å². The summed E-state index contributed by atoms with van der Waals surface area (Å²) in [5.74, 6) is 2.83. The second kappa shape index (κ2) is 3.44. The second-order valence-corrected chi connectivity index (χ2v) is 5.32. The summed E-state index contributed by atoms with van der Waals surface area (Å²) in [4.78, 5) is 12.1. The molecule has 0 unspecified atom stereocenters. The Morgan fingerprint density at radius 2 is 2.13 bits per heavy atom. The van der Waals surface area contributed by atoms with E-state index in [4.69, 9.17) is 5.11 Å². The third-order valence-electron chi connectivity index (χ3n) is 4.60. The molecule has 0 aromatic carbocycles. The van der Waals surface area contributed by atoms with E-state index in [2.05, 4.69) is 6.08 Å². The van der Waals surface area contributed by atoms with E-state index in [1.54, 1.807) is 0 Å². The highest BCUT2D eigenvalue weighted by atomic mass is 16.2. The molecule has 0 saturated heterocycles. The Morgan fingerprint density at radius 3 is 2.87 bits per heavy atom. The van der Waals surface area contributed by atoms with Crippen molar-refractivity contribution in [1.29, 1.82) is 0 Å². The Hall–Kier alpha value is -0.630. The predicted octanol–water partition coefficient (Wildman–Crippen LogP) is 1.93. The maximum atomic E-state index is 12.1. The SMILES string of the molecule is O=C1C(CCCO)=C[C@H]2[C@@H]3CC[C@@H](C3)[C@@H]12. The van der Waals surface area contributed by atoms with Gasteiger partial charge >= 0.3 is 0 Å². The zero-order valence-corrected chi connectivity index (χ0v) is 8.98. The number of fused-ring (bicyclic) bond motifs is 5. The smallest absolute Gasteiger partial charge is 0.162 e. The summed E-state index contributed by atoms with van der Waals surface area (Å²) < 4.78 is 0. The lowest BCUT2D eigenvalue weighted by molar-refractivity contribution is -0.120. The van der Waals surface area contributed by atoms with Gasteiger partial charge in [-0.15, -0.1) is 0 Å². The second-order valence-electron chi connectivity index (χ2n) is 5.32. The Labute approximate surface area is 90.4 Å². The highest BCUT2D eigenvalue weighted by Crippen LogP contribution is 2.56. The molecule has 2 saturated carbocycles. The van der Waals surface area contributed by atoms with Crippen LogP contribution in [0.4, 0.5) is 0 Å². The largest absolute Gasteiger partial charge is 0.396 e. The van der Waals surface area contributed by atoms with Gasteiger partial charge in [0, 0.05) is 12.5 Å². The molecule has 82 valence electrons. The van der Waals surface area contributed by atoms with Gasteiger partial charge in [-0.3, -0.25) is 4.79 Å². The van der Waals surface area contributed by atoms with Crippen molar-refractivity contribution >= 4 is 5.78 Å². The fourth-order valence-electron chi connectivity index (χ4n) is 3.97. The van der Waals surface area contributed by atoms with E-state index in [1.165, 1.54) is 19.3 Å². The molecule has 3 aliphatic carbocycles. The first kappa shape index (κ1) is 9.59. The maximum Gasteiger partial charge on any atom is 0.162 e. The van der Waals surface area contributed by atoms with Crippen LogP contribution < -0.4 is 0 Å². The first-order valence-electron chi connectivity index (χ1n) is 6.17. The lowest BCUT2D eigenvalue weighted by atomic mass is 9.81. The van der Waals surface area contributed by atoms with Crippen LogP contribution in [0.5, 0.6) is 0 Å². The van der Waals surface area contributed by atoms with Crippen LogP contribution in [-0.2, 0) is 4.79 Å². The third-order valence-corrected chi connectivity index (χ3v) is 4.60. The van der Waals surface area contributed by atoms with Gasteiger partial charge in [-0.25, -0.2) is 0 Å². The fourth-order valence-corrected chi connectivity index (χ4v) is 3.97. The minimum Gasteiger partial charge on any atom is -0.396 e. The molecule has 0 aliphatic heterocycles. The van der Waals surface area contributed by atoms with Crippen molar-refractivity contribution in [1.82, 2.24) is 0 Å². The molecule has 0 heterocycles. The van der Waals surface area contributed by atoms with E-state index in [0.717, 1.165) is 24.3 Å². The number of ketones is 1. The van der Waals surface area contributed by atoms with E-state index in [-0.39, 0.29) is 6.61 Å². The van der Waals surface area contributed by atoms with Crippen LogP contribution in [0.15, 0.2) is 11.6 Å². The first-order valence-corrected chi connectivity index (χ1v) is 6.17. The zero-order chi connectivity index (χ0) is 10.4. The summed E-state index contributed by atoms with van der Waals surface area (Å²) in [6.07, 6.45) is 7.69. The normalized spacial score (nSPS) is 42.2. The number of rotatable bonds is 3. The molecule has 0 spiro atoms. The first-order chi connectivity index (χ1) is 7.31. The molecule has 2 bridgehead atoms. The summed E-state index contributed by atoms with van der Waals surface area (Å²) in [7, 11) is 0. The number of carbonyl (C=O) groups excluding carboxylic acids is 1. The molecule has 2 fully saturated rings. The standard InChI is InChI=1S/C13H18O2/c14-5-1-2-10-7-11-8-3-4-9(6-8)12(11)13(10)15/h7-9,11-12,14H,1-6H2/t8-,9+,11+,12-/m1/s1. The molecule has 0 aromatic heterocycles.